The van der Waals surface area contributed by atoms with E-state index >= 15 is 0 Å². The lowest BCUT2D eigenvalue weighted by Crippen LogP contribution is -2.42. The molecule has 1 fully saturated rings. The van der Waals surface area contributed by atoms with Crippen molar-refractivity contribution in [2.45, 2.75) is 64.5 Å². The lowest BCUT2D eigenvalue weighted by atomic mass is 9.80. The van der Waals surface area contributed by atoms with Crippen LogP contribution >= 0.6 is 0 Å². The summed E-state index contributed by atoms with van der Waals surface area (Å²) in [5, 5.41) is 8.18. The summed E-state index contributed by atoms with van der Waals surface area (Å²) in [7, 11) is 0. The number of hydrogen-bond donors (Lipinski definition) is 1. The molecule has 3 nitrogen and oxygen atoms in total. The second-order valence-electron chi connectivity index (χ2n) is 5.58. The third-order valence-electron chi connectivity index (χ3n) is 4.14. The Morgan fingerprint density at radius 3 is 2.83 bits per heavy atom. The van der Waals surface area contributed by atoms with Gasteiger partial charge in [-0.3, -0.25) is 4.68 Å². The van der Waals surface area contributed by atoms with Crippen molar-refractivity contribution >= 4 is 0 Å². The van der Waals surface area contributed by atoms with E-state index in [1.54, 1.807) is 0 Å². The third kappa shape index (κ3) is 3.35. The molecule has 1 N–H and O–H groups in total. The van der Waals surface area contributed by atoms with Gasteiger partial charge in [0.05, 0.1) is 6.04 Å². The van der Waals surface area contributed by atoms with Crippen molar-refractivity contribution in [2.24, 2.45) is 5.92 Å². The summed E-state index contributed by atoms with van der Waals surface area (Å²) >= 11 is 0. The maximum atomic E-state index is 4.47. The molecule has 0 spiro atoms. The van der Waals surface area contributed by atoms with Gasteiger partial charge in [0.15, 0.2) is 0 Å². The summed E-state index contributed by atoms with van der Waals surface area (Å²) in [5.74, 6) is 0.892. The van der Waals surface area contributed by atoms with Gasteiger partial charge in [-0.05, 0) is 44.2 Å². The maximum Gasteiger partial charge on any atom is 0.0674 e. The SMILES string of the molecule is CCCNC1CCC(CCC)CC1n1cccn1. The molecular formula is C15H27N3. The minimum atomic E-state index is 0.553. The van der Waals surface area contributed by atoms with Crippen LogP contribution in [0.3, 0.4) is 0 Å². The van der Waals surface area contributed by atoms with Crippen LogP contribution in [0.25, 0.3) is 0 Å². The number of nitrogens with one attached hydrogen (secondary N) is 1. The Labute approximate surface area is 111 Å². The Balaban J connectivity index is 2.01. The van der Waals surface area contributed by atoms with Crippen molar-refractivity contribution in [2.75, 3.05) is 6.54 Å². The van der Waals surface area contributed by atoms with Crippen molar-refractivity contribution in [3.63, 3.8) is 0 Å². The van der Waals surface area contributed by atoms with Crippen LogP contribution in [0.15, 0.2) is 18.5 Å². The molecular weight excluding hydrogens is 222 g/mol. The quantitative estimate of drug-likeness (QED) is 0.837. The molecule has 3 heteroatoms. The van der Waals surface area contributed by atoms with Crippen LogP contribution in [0, 0.1) is 5.92 Å². The molecule has 0 bridgehead atoms. The highest BCUT2D eigenvalue weighted by molar-refractivity contribution is 4.91. The first-order chi connectivity index (χ1) is 8.85. The molecule has 1 heterocycles. The van der Waals surface area contributed by atoms with Gasteiger partial charge in [0.25, 0.3) is 0 Å². The van der Waals surface area contributed by atoms with Crippen LogP contribution < -0.4 is 5.32 Å². The van der Waals surface area contributed by atoms with Gasteiger partial charge in [-0.1, -0.05) is 26.7 Å². The van der Waals surface area contributed by atoms with E-state index in [-0.39, 0.29) is 0 Å². The standard InChI is InChI=1S/C15H27N3/c1-3-6-13-7-8-14(16-9-4-2)15(12-13)18-11-5-10-17-18/h5,10-11,13-16H,3-4,6-9,12H2,1-2H3. The Hall–Kier alpha value is -0.830. The molecule has 1 aromatic rings. The lowest BCUT2D eigenvalue weighted by Gasteiger charge is -2.37. The van der Waals surface area contributed by atoms with E-state index in [0.29, 0.717) is 12.1 Å². The molecule has 3 atom stereocenters. The summed E-state index contributed by atoms with van der Waals surface area (Å²) in [6.45, 7) is 5.66. The van der Waals surface area contributed by atoms with E-state index in [1.165, 1.54) is 38.5 Å². The maximum absolute atomic E-state index is 4.47. The number of aromatic nitrogens is 2. The zero-order chi connectivity index (χ0) is 12.8. The summed E-state index contributed by atoms with van der Waals surface area (Å²) in [6, 6.07) is 3.20. The first-order valence-corrected chi connectivity index (χ1v) is 7.57. The molecule has 1 aliphatic rings. The Morgan fingerprint density at radius 2 is 2.17 bits per heavy atom. The largest absolute Gasteiger partial charge is 0.312 e. The Bertz CT molecular complexity index is 320. The van der Waals surface area contributed by atoms with E-state index < -0.39 is 0 Å². The molecule has 0 amide bonds. The summed E-state index contributed by atoms with van der Waals surface area (Å²) in [4.78, 5) is 0. The predicted octanol–water partition coefficient (Wildman–Crippen LogP) is 3.39. The smallest absolute Gasteiger partial charge is 0.0674 e. The van der Waals surface area contributed by atoms with Gasteiger partial charge in [0.2, 0.25) is 0 Å². The normalized spacial score (nSPS) is 28.4. The van der Waals surface area contributed by atoms with Gasteiger partial charge in [-0.2, -0.15) is 5.10 Å². The highest BCUT2D eigenvalue weighted by Crippen LogP contribution is 2.34. The van der Waals surface area contributed by atoms with Gasteiger partial charge in [-0.25, -0.2) is 0 Å². The first kappa shape index (κ1) is 13.6. The van der Waals surface area contributed by atoms with Crippen molar-refractivity contribution in [1.29, 1.82) is 0 Å². The minimum Gasteiger partial charge on any atom is -0.312 e. The number of hydrogen-bond acceptors (Lipinski definition) is 2. The van der Waals surface area contributed by atoms with Crippen LogP contribution in [-0.2, 0) is 0 Å². The highest BCUT2D eigenvalue weighted by Gasteiger charge is 2.31. The average molecular weight is 249 g/mol. The van der Waals surface area contributed by atoms with Gasteiger partial charge in [0.1, 0.15) is 0 Å². The zero-order valence-electron chi connectivity index (χ0n) is 11.8. The molecule has 0 aromatic carbocycles. The van der Waals surface area contributed by atoms with Crippen LogP contribution in [0.5, 0.6) is 0 Å². The van der Waals surface area contributed by atoms with Crippen molar-refractivity contribution in [3.8, 4) is 0 Å². The van der Waals surface area contributed by atoms with E-state index in [9.17, 15) is 0 Å². The Kier molecular flexibility index (Phi) is 5.24. The molecule has 3 unspecified atom stereocenters. The third-order valence-corrected chi connectivity index (χ3v) is 4.14. The fourth-order valence-electron chi connectivity index (χ4n) is 3.24. The van der Waals surface area contributed by atoms with E-state index in [4.69, 9.17) is 0 Å². The van der Waals surface area contributed by atoms with Crippen LogP contribution in [0.2, 0.25) is 0 Å². The molecule has 1 aliphatic carbocycles. The lowest BCUT2D eigenvalue weighted by molar-refractivity contribution is 0.187. The van der Waals surface area contributed by atoms with E-state index in [0.717, 1.165) is 12.5 Å². The molecule has 102 valence electrons. The van der Waals surface area contributed by atoms with Crippen molar-refractivity contribution in [1.82, 2.24) is 15.1 Å². The first-order valence-electron chi connectivity index (χ1n) is 7.57. The zero-order valence-corrected chi connectivity index (χ0v) is 11.8. The van der Waals surface area contributed by atoms with Gasteiger partial charge in [0, 0.05) is 18.4 Å². The minimum absolute atomic E-state index is 0.553. The fraction of sp³-hybridized carbons (Fsp3) is 0.800. The summed E-state index contributed by atoms with van der Waals surface area (Å²) < 4.78 is 2.18. The van der Waals surface area contributed by atoms with Crippen LogP contribution in [-0.4, -0.2) is 22.4 Å². The molecule has 0 radical (unpaired) electrons. The van der Waals surface area contributed by atoms with E-state index in [1.807, 2.05) is 12.3 Å². The number of nitrogens with zero attached hydrogens (tertiary/aromatic N) is 2. The monoisotopic (exact) mass is 249 g/mol. The summed E-state index contributed by atoms with van der Waals surface area (Å²) in [5.41, 5.74) is 0. The average Bonchev–Trinajstić information content (AvgIpc) is 2.91. The molecule has 2 rings (SSSR count). The summed E-state index contributed by atoms with van der Waals surface area (Å²) in [6.07, 6.45) is 11.9. The van der Waals surface area contributed by atoms with Gasteiger partial charge >= 0.3 is 0 Å². The van der Waals surface area contributed by atoms with Crippen LogP contribution in [0.4, 0.5) is 0 Å². The van der Waals surface area contributed by atoms with Gasteiger partial charge < -0.3 is 5.32 Å². The Morgan fingerprint density at radius 1 is 1.28 bits per heavy atom. The van der Waals surface area contributed by atoms with Gasteiger partial charge in [-0.15, -0.1) is 0 Å². The van der Waals surface area contributed by atoms with Crippen molar-refractivity contribution < 1.29 is 0 Å². The van der Waals surface area contributed by atoms with Crippen molar-refractivity contribution in [3.05, 3.63) is 18.5 Å². The molecule has 0 aliphatic heterocycles. The molecule has 1 saturated carbocycles. The van der Waals surface area contributed by atoms with E-state index in [2.05, 4.69) is 35.1 Å². The second kappa shape index (κ2) is 6.93. The topological polar surface area (TPSA) is 29.9 Å². The highest BCUT2D eigenvalue weighted by atomic mass is 15.3. The van der Waals surface area contributed by atoms with Crippen LogP contribution in [0.1, 0.15) is 58.4 Å². The molecule has 0 saturated heterocycles. The second-order valence-corrected chi connectivity index (χ2v) is 5.58. The number of rotatable bonds is 6. The predicted molar refractivity (Wildman–Crippen MR) is 75.6 cm³/mol. The molecule has 18 heavy (non-hydrogen) atoms. The molecule has 1 aromatic heterocycles. The fourth-order valence-corrected chi connectivity index (χ4v) is 3.24.